The van der Waals surface area contributed by atoms with E-state index < -0.39 is 12.2 Å². The van der Waals surface area contributed by atoms with Crippen molar-refractivity contribution in [3.63, 3.8) is 0 Å². The number of carboxylic acid groups (broad SMARTS) is 2. The fourth-order valence-electron chi connectivity index (χ4n) is 1.03. The molecule has 6 nitrogen and oxygen atoms in total. The van der Waals surface area contributed by atoms with E-state index in [9.17, 15) is 9.59 Å². The van der Waals surface area contributed by atoms with Crippen molar-refractivity contribution in [2.45, 2.75) is 0 Å². The van der Waals surface area contributed by atoms with Crippen LogP contribution in [0.2, 0.25) is 0 Å². The summed E-state index contributed by atoms with van der Waals surface area (Å²) >= 11 is 0. The smallest absolute Gasteiger partial charge is 0.421 e. The normalized spacial score (nSPS) is 9.40. The molecule has 0 aliphatic rings. The Balaban J connectivity index is 3.02. The number of carbonyl (C=O) groups is 2. The zero-order chi connectivity index (χ0) is 11.4. The van der Waals surface area contributed by atoms with Gasteiger partial charge in [0, 0.05) is 0 Å². The molecular weight excluding hydrogens is 202 g/mol. The number of rotatable bonds is 2. The highest BCUT2D eigenvalue weighted by Gasteiger charge is 2.21. The third kappa shape index (κ3) is 2.37. The van der Waals surface area contributed by atoms with Crippen LogP contribution >= 0.6 is 0 Å². The number of benzene rings is 1. The van der Waals surface area contributed by atoms with Crippen LogP contribution in [0.25, 0.3) is 0 Å². The molecule has 0 bridgehead atoms. The molecule has 0 fully saturated rings. The van der Waals surface area contributed by atoms with Crippen molar-refractivity contribution in [2.75, 3.05) is 12.0 Å². The van der Waals surface area contributed by atoms with E-state index in [1.54, 1.807) is 0 Å². The number of methoxy groups -OCH3 is 1. The fourth-order valence-corrected chi connectivity index (χ4v) is 1.03. The Labute approximate surface area is 85.3 Å². The minimum Gasteiger partial charge on any atom is -0.497 e. The lowest BCUT2D eigenvalue weighted by Gasteiger charge is -2.13. The Hall–Kier alpha value is -2.24. The molecule has 0 aliphatic carbocycles. The molecule has 0 aliphatic heterocycles. The zero-order valence-electron chi connectivity index (χ0n) is 7.88. The Kier molecular flexibility index (Phi) is 3.12. The minimum absolute atomic E-state index is 0.0517. The van der Waals surface area contributed by atoms with Gasteiger partial charge in [0.1, 0.15) is 5.75 Å². The van der Waals surface area contributed by atoms with Crippen LogP contribution in [0.1, 0.15) is 0 Å². The van der Waals surface area contributed by atoms with Crippen molar-refractivity contribution in [3.05, 3.63) is 24.3 Å². The summed E-state index contributed by atoms with van der Waals surface area (Å²) in [5, 5.41) is 17.3. The number of imide groups is 1. The van der Waals surface area contributed by atoms with Gasteiger partial charge in [-0.2, -0.15) is 4.90 Å². The standard InChI is InChI=1S/C9H9NO5/c1-15-7-4-2-6(3-5-7)10(8(11)12)9(13)14/h2-5H,1H3,(H,11,12)(H,13,14). The molecule has 0 saturated carbocycles. The molecule has 1 rings (SSSR count). The third-order valence-electron chi connectivity index (χ3n) is 1.71. The van der Waals surface area contributed by atoms with Gasteiger partial charge in [0.15, 0.2) is 0 Å². The molecule has 2 amide bonds. The Morgan fingerprint density at radius 1 is 1.13 bits per heavy atom. The van der Waals surface area contributed by atoms with Gasteiger partial charge in [-0.05, 0) is 24.3 Å². The van der Waals surface area contributed by atoms with Crippen LogP contribution in [0.15, 0.2) is 24.3 Å². The van der Waals surface area contributed by atoms with Crippen LogP contribution in [-0.2, 0) is 0 Å². The average molecular weight is 211 g/mol. The summed E-state index contributed by atoms with van der Waals surface area (Å²) < 4.78 is 4.86. The van der Waals surface area contributed by atoms with Crippen molar-refractivity contribution in [1.82, 2.24) is 0 Å². The molecule has 6 heteroatoms. The van der Waals surface area contributed by atoms with Gasteiger partial charge in [0.25, 0.3) is 0 Å². The molecule has 1 aromatic rings. The largest absolute Gasteiger partial charge is 0.497 e. The molecule has 0 spiro atoms. The summed E-state index contributed by atoms with van der Waals surface area (Å²) in [6, 6.07) is 5.66. The van der Waals surface area contributed by atoms with Crippen molar-refractivity contribution < 1.29 is 24.5 Å². The molecule has 2 N–H and O–H groups in total. The summed E-state index contributed by atoms with van der Waals surface area (Å²) in [5.41, 5.74) is 0.0517. The lowest BCUT2D eigenvalue weighted by atomic mass is 10.3. The van der Waals surface area contributed by atoms with Crippen LogP contribution in [0.4, 0.5) is 15.3 Å². The second-order valence-corrected chi connectivity index (χ2v) is 2.60. The summed E-state index contributed by atoms with van der Waals surface area (Å²) in [6.45, 7) is 0. The summed E-state index contributed by atoms with van der Waals surface area (Å²) in [4.78, 5) is 21.4. The molecule has 0 atom stereocenters. The first-order chi connectivity index (χ1) is 7.06. The zero-order valence-corrected chi connectivity index (χ0v) is 7.88. The van der Waals surface area contributed by atoms with Crippen LogP contribution in [-0.4, -0.2) is 29.5 Å². The molecule has 1 aromatic carbocycles. The highest BCUT2D eigenvalue weighted by atomic mass is 16.5. The second kappa shape index (κ2) is 4.32. The van der Waals surface area contributed by atoms with Gasteiger partial charge in [-0.1, -0.05) is 0 Å². The molecule has 0 unspecified atom stereocenters. The van der Waals surface area contributed by atoms with E-state index in [2.05, 4.69) is 0 Å². The quantitative estimate of drug-likeness (QED) is 0.779. The number of ether oxygens (including phenoxy) is 1. The number of hydrogen-bond acceptors (Lipinski definition) is 3. The van der Waals surface area contributed by atoms with E-state index in [0.717, 1.165) is 0 Å². The number of hydrogen-bond donors (Lipinski definition) is 2. The number of nitrogens with zero attached hydrogens (tertiary/aromatic N) is 1. The van der Waals surface area contributed by atoms with Crippen molar-refractivity contribution in [1.29, 1.82) is 0 Å². The first-order valence-electron chi connectivity index (χ1n) is 3.96. The van der Waals surface area contributed by atoms with Gasteiger partial charge in [-0.3, -0.25) is 0 Å². The molecule has 0 saturated heterocycles. The SMILES string of the molecule is COc1ccc(N(C(=O)O)C(=O)O)cc1. The molecule has 0 heterocycles. The molecule has 15 heavy (non-hydrogen) atoms. The van der Waals surface area contributed by atoms with Crippen molar-refractivity contribution in [3.8, 4) is 5.75 Å². The first-order valence-corrected chi connectivity index (χ1v) is 3.96. The highest BCUT2D eigenvalue weighted by molar-refractivity contribution is 6.07. The summed E-state index contributed by atoms with van der Waals surface area (Å²) in [6.07, 6.45) is -3.10. The van der Waals surface area contributed by atoms with Crippen molar-refractivity contribution in [2.24, 2.45) is 0 Å². The van der Waals surface area contributed by atoms with Crippen molar-refractivity contribution >= 4 is 17.9 Å². The molecule has 0 aromatic heterocycles. The van der Waals surface area contributed by atoms with Crippen LogP contribution in [0, 0.1) is 0 Å². The van der Waals surface area contributed by atoms with Gasteiger partial charge in [0.05, 0.1) is 12.8 Å². The van der Waals surface area contributed by atoms with Gasteiger partial charge >= 0.3 is 12.2 Å². The maximum absolute atomic E-state index is 10.6. The minimum atomic E-state index is -1.55. The molecule has 0 radical (unpaired) electrons. The third-order valence-corrected chi connectivity index (χ3v) is 1.71. The highest BCUT2D eigenvalue weighted by Crippen LogP contribution is 2.19. The van der Waals surface area contributed by atoms with E-state index in [4.69, 9.17) is 14.9 Å². The molecule has 80 valence electrons. The summed E-state index contributed by atoms with van der Waals surface area (Å²) in [7, 11) is 1.46. The average Bonchev–Trinajstić information content (AvgIpc) is 2.18. The molecular formula is C9H9NO5. The Morgan fingerprint density at radius 3 is 1.93 bits per heavy atom. The Morgan fingerprint density at radius 2 is 1.60 bits per heavy atom. The number of amides is 2. The van der Waals surface area contributed by atoms with Gasteiger partial charge < -0.3 is 14.9 Å². The Bertz CT molecular complexity index is 359. The van der Waals surface area contributed by atoms with E-state index in [0.29, 0.717) is 5.75 Å². The number of anilines is 1. The predicted molar refractivity (Wildman–Crippen MR) is 51.5 cm³/mol. The van der Waals surface area contributed by atoms with Crippen LogP contribution in [0.3, 0.4) is 0 Å². The second-order valence-electron chi connectivity index (χ2n) is 2.60. The van der Waals surface area contributed by atoms with Crippen LogP contribution < -0.4 is 9.64 Å². The summed E-state index contributed by atoms with van der Waals surface area (Å²) in [5.74, 6) is 0.523. The fraction of sp³-hybridized carbons (Fsp3) is 0.111. The van der Waals surface area contributed by atoms with Gasteiger partial charge in [0.2, 0.25) is 0 Å². The van der Waals surface area contributed by atoms with E-state index in [1.807, 2.05) is 0 Å². The maximum atomic E-state index is 10.6. The van der Waals surface area contributed by atoms with E-state index >= 15 is 0 Å². The lowest BCUT2D eigenvalue weighted by Crippen LogP contribution is -2.34. The monoisotopic (exact) mass is 211 g/mol. The van der Waals surface area contributed by atoms with E-state index in [1.165, 1.54) is 31.4 Å². The van der Waals surface area contributed by atoms with Gasteiger partial charge in [-0.15, -0.1) is 0 Å². The first kappa shape index (κ1) is 10.8. The van der Waals surface area contributed by atoms with Crippen LogP contribution in [0.5, 0.6) is 5.75 Å². The lowest BCUT2D eigenvalue weighted by molar-refractivity contribution is 0.184. The topological polar surface area (TPSA) is 87.1 Å². The van der Waals surface area contributed by atoms with E-state index in [-0.39, 0.29) is 10.6 Å². The maximum Gasteiger partial charge on any atom is 0.421 e. The van der Waals surface area contributed by atoms with Gasteiger partial charge in [-0.25, -0.2) is 9.59 Å². The predicted octanol–water partition coefficient (Wildman–Crippen LogP) is 1.86.